The van der Waals surface area contributed by atoms with Crippen LogP contribution in [0.5, 0.6) is 5.88 Å². The molecule has 0 saturated carbocycles. The molecule has 19 heavy (non-hydrogen) atoms. The summed E-state index contributed by atoms with van der Waals surface area (Å²) >= 11 is 0. The summed E-state index contributed by atoms with van der Waals surface area (Å²) in [4.78, 5) is 23.8. The van der Waals surface area contributed by atoms with E-state index in [2.05, 4.69) is 14.9 Å². The zero-order valence-corrected chi connectivity index (χ0v) is 11.1. The molecule has 6 nitrogen and oxygen atoms in total. The molecule has 3 rings (SSSR count). The number of hydrogen-bond acceptors (Lipinski definition) is 5. The fourth-order valence-electron chi connectivity index (χ4n) is 2.72. The second-order valence-electron chi connectivity index (χ2n) is 4.94. The SMILES string of the molecule is COc1nc(N2CCN(C=O)CC2)nc2c1CCC2. The Morgan fingerprint density at radius 2 is 1.95 bits per heavy atom. The van der Waals surface area contributed by atoms with Crippen molar-refractivity contribution in [2.24, 2.45) is 0 Å². The van der Waals surface area contributed by atoms with E-state index in [1.807, 2.05) is 0 Å². The van der Waals surface area contributed by atoms with Gasteiger partial charge in [-0.15, -0.1) is 0 Å². The molecule has 102 valence electrons. The highest BCUT2D eigenvalue weighted by Gasteiger charge is 2.24. The van der Waals surface area contributed by atoms with Gasteiger partial charge in [-0.3, -0.25) is 4.79 Å². The Balaban J connectivity index is 1.83. The van der Waals surface area contributed by atoms with Gasteiger partial charge in [0.15, 0.2) is 0 Å². The summed E-state index contributed by atoms with van der Waals surface area (Å²) in [5, 5.41) is 0. The van der Waals surface area contributed by atoms with Gasteiger partial charge in [-0.25, -0.2) is 4.98 Å². The number of methoxy groups -OCH3 is 1. The van der Waals surface area contributed by atoms with Crippen LogP contribution in [0.1, 0.15) is 17.7 Å². The second kappa shape index (κ2) is 5.03. The molecule has 0 unspecified atom stereocenters. The molecule has 1 fully saturated rings. The van der Waals surface area contributed by atoms with E-state index >= 15 is 0 Å². The predicted octanol–water partition coefficient (Wildman–Crippen LogP) is 0.252. The van der Waals surface area contributed by atoms with Gasteiger partial charge < -0.3 is 14.5 Å². The van der Waals surface area contributed by atoms with Crippen molar-refractivity contribution in [1.29, 1.82) is 0 Å². The number of ether oxygens (including phenoxy) is 1. The minimum absolute atomic E-state index is 0.718. The molecule has 1 aromatic rings. The molecular weight excluding hydrogens is 244 g/mol. The summed E-state index contributed by atoms with van der Waals surface area (Å²) < 4.78 is 5.39. The molecule has 0 spiro atoms. The first-order valence-electron chi connectivity index (χ1n) is 6.70. The number of aromatic nitrogens is 2. The van der Waals surface area contributed by atoms with Crippen LogP contribution >= 0.6 is 0 Å². The Hall–Kier alpha value is -1.85. The fraction of sp³-hybridized carbons (Fsp3) is 0.615. The van der Waals surface area contributed by atoms with Crippen molar-refractivity contribution in [3.8, 4) is 5.88 Å². The minimum atomic E-state index is 0.718. The van der Waals surface area contributed by atoms with Crippen LogP contribution in [-0.2, 0) is 17.6 Å². The third-order valence-electron chi connectivity index (χ3n) is 3.82. The van der Waals surface area contributed by atoms with Crippen molar-refractivity contribution >= 4 is 12.4 Å². The van der Waals surface area contributed by atoms with Crippen molar-refractivity contribution in [2.75, 3.05) is 38.2 Å². The van der Waals surface area contributed by atoms with Crippen LogP contribution in [0.2, 0.25) is 0 Å². The number of nitrogens with zero attached hydrogens (tertiary/aromatic N) is 4. The van der Waals surface area contributed by atoms with Crippen LogP contribution in [0.15, 0.2) is 0 Å². The van der Waals surface area contributed by atoms with Crippen LogP contribution in [0.3, 0.4) is 0 Å². The molecule has 0 aromatic carbocycles. The zero-order chi connectivity index (χ0) is 13.2. The topological polar surface area (TPSA) is 58.6 Å². The Labute approximate surface area is 112 Å². The van der Waals surface area contributed by atoms with Crippen molar-refractivity contribution in [3.63, 3.8) is 0 Å². The summed E-state index contributed by atoms with van der Waals surface area (Å²) in [6.45, 7) is 3.01. The lowest BCUT2D eigenvalue weighted by atomic mass is 10.2. The van der Waals surface area contributed by atoms with Gasteiger partial charge in [-0.1, -0.05) is 0 Å². The number of carbonyl (C=O) groups excluding carboxylic acids is 1. The van der Waals surface area contributed by atoms with E-state index in [0.717, 1.165) is 74.9 Å². The highest BCUT2D eigenvalue weighted by atomic mass is 16.5. The summed E-state index contributed by atoms with van der Waals surface area (Å²) in [5.41, 5.74) is 2.29. The highest BCUT2D eigenvalue weighted by Crippen LogP contribution is 2.29. The molecule has 2 aliphatic rings. The Morgan fingerprint density at radius 3 is 2.63 bits per heavy atom. The number of amides is 1. The van der Waals surface area contributed by atoms with Crippen LogP contribution < -0.4 is 9.64 Å². The van der Waals surface area contributed by atoms with E-state index in [0.29, 0.717) is 0 Å². The lowest BCUT2D eigenvalue weighted by Crippen LogP contribution is -2.46. The number of anilines is 1. The van der Waals surface area contributed by atoms with E-state index in [9.17, 15) is 4.79 Å². The average Bonchev–Trinajstić information content (AvgIpc) is 2.94. The molecule has 0 radical (unpaired) electrons. The quantitative estimate of drug-likeness (QED) is 0.731. The van der Waals surface area contributed by atoms with Crippen LogP contribution in [0.4, 0.5) is 5.95 Å². The smallest absolute Gasteiger partial charge is 0.229 e. The van der Waals surface area contributed by atoms with Crippen molar-refractivity contribution in [3.05, 3.63) is 11.3 Å². The molecule has 1 saturated heterocycles. The maximum absolute atomic E-state index is 10.7. The maximum Gasteiger partial charge on any atom is 0.229 e. The minimum Gasteiger partial charge on any atom is -0.481 e. The highest BCUT2D eigenvalue weighted by molar-refractivity contribution is 5.49. The standard InChI is InChI=1S/C13H18N4O2/c1-19-12-10-3-2-4-11(10)14-13(15-12)17-7-5-16(9-18)6-8-17/h9H,2-8H2,1H3. The van der Waals surface area contributed by atoms with Crippen molar-refractivity contribution in [1.82, 2.24) is 14.9 Å². The van der Waals surface area contributed by atoms with Gasteiger partial charge in [0.1, 0.15) is 0 Å². The first-order chi connectivity index (χ1) is 9.31. The van der Waals surface area contributed by atoms with E-state index in [1.54, 1.807) is 12.0 Å². The molecule has 0 atom stereocenters. The molecule has 0 N–H and O–H groups in total. The van der Waals surface area contributed by atoms with Crippen LogP contribution in [-0.4, -0.2) is 54.6 Å². The van der Waals surface area contributed by atoms with E-state index in [1.165, 1.54) is 0 Å². The summed E-state index contributed by atoms with van der Waals surface area (Å²) in [7, 11) is 1.66. The summed E-state index contributed by atoms with van der Waals surface area (Å²) in [5.74, 6) is 1.46. The van der Waals surface area contributed by atoms with E-state index in [4.69, 9.17) is 4.74 Å². The van der Waals surface area contributed by atoms with Gasteiger partial charge in [-0.05, 0) is 19.3 Å². The van der Waals surface area contributed by atoms with Crippen molar-refractivity contribution < 1.29 is 9.53 Å². The average molecular weight is 262 g/mol. The molecule has 6 heteroatoms. The maximum atomic E-state index is 10.7. The third-order valence-corrected chi connectivity index (χ3v) is 3.82. The van der Waals surface area contributed by atoms with Gasteiger partial charge >= 0.3 is 0 Å². The second-order valence-corrected chi connectivity index (χ2v) is 4.94. The number of hydrogen-bond donors (Lipinski definition) is 0. The van der Waals surface area contributed by atoms with Gasteiger partial charge in [0.2, 0.25) is 18.2 Å². The van der Waals surface area contributed by atoms with Crippen LogP contribution in [0.25, 0.3) is 0 Å². The normalized spacial score (nSPS) is 18.4. The predicted molar refractivity (Wildman–Crippen MR) is 70.5 cm³/mol. The number of fused-ring (bicyclic) bond motifs is 1. The monoisotopic (exact) mass is 262 g/mol. The Kier molecular flexibility index (Phi) is 3.23. The summed E-state index contributed by atoms with van der Waals surface area (Å²) in [6, 6.07) is 0. The molecule has 1 aromatic heterocycles. The van der Waals surface area contributed by atoms with Gasteiger partial charge in [0.05, 0.1) is 12.8 Å². The van der Waals surface area contributed by atoms with Gasteiger partial charge in [0.25, 0.3) is 0 Å². The summed E-state index contributed by atoms with van der Waals surface area (Å²) in [6.07, 6.45) is 4.05. The van der Waals surface area contributed by atoms with Gasteiger partial charge in [-0.2, -0.15) is 4.98 Å². The van der Waals surface area contributed by atoms with Crippen LogP contribution in [0, 0.1) is 0 Å². The van der Waals surface area contributed by atoms with Gasteiger partial charge in [0, 0.05) is 31.7 Å². The molecule has 0 bridgehead atoms. The first kappa shape index (κ1) is 12.2. The number of rotatable bonds is 3. The number of carbonyl (C=O) groups is 1. The zero-order valence-electron chi connectivity index (χ0n) is 11.1. The Morgan fingerprint density at radius 1 is 1.16 bits per heavy atom. The van der Waals surface area contributed by atoms with E-state index < -0.39 is 0 Å². The first-order valence-corrected chi connectivity index (χ1v) is 6.70. The number of aryl methyl sites for hydroxylation is 1. The molecular formula is C13H18N4O2. The third kappa shape index (κ3) is 2.22. The molecule has 2 heterocycles. The van der Waals surface area contributed by atoms with E-state index in [-0.39, 0.29) is 0 Å². The fourth-order valence-corrected chi connectivity index (χ4v) is 2.72. The lowest BCUT2D eigenvalue weighted by Gasteiger charge is -2.32. The largest absolute Gasteiger partial charge is 0.481 e. The molecule has 1 amide bonds. The molecule has 1 aliphatic heterocycles. The Bertz CT molecular complexity index is 484. The number of piperazine rings is 1. The lowest BCUT2D eigenvalue weighted by molar-refractivity contribution is -0.118. The molecule has 1 aliphatic carbocycles. The van der Waals surface area contributed by atoms with Crippen molar-refractivity contribution in [2.45, 2.75) is 19.3 Å².